The molecule has 7 heteroatoms. The SMILES string of the molecule is N#CC1(NC(=O)C(F)(F)C(F)F)CCCCC1. The zero-order valence-electron chi connectivity index (χ0n) is 8.98. The van der Waals surface area contributed by atoms with Crippen LogP contribution >= 0.6 is 0 Å². The molecule has 1 fully saturated rings. The van der Waals surface area contributed by atoms with E-state index in [-0.39, 0.29) is 12.8 Å². The van der Waals surface area contributed by atoms with E-state index in [1.807, 2.05) is 0 Å². The number of nitrogens with one attached hydrogen (secondary N) is 1. The third-order valence-corrected chi connectivity index (χ3v) is 2.85. The maximum atomic E-state index is 12.7. The first kappa shape index (κ1) is 13.7. The maximum Gasteiger partial charge on any atom is 0.383 e. The summed E-state index contributed by atoms with van der Waals surface area (Å²) >= 11 is 0. The highest BCUT2D eigenvalue weighted by Gasteiger charge is 2.51. The normalized spacial score (nSPS) is 19.8. The number of hydrogen-bond donors (Lipinski definition) is 1. The van der Waals surface area contributed by atoms with Crippen LogP contribution in [0, 0.1) is 11.3 Å². The van der Waals surface area contributed by atoms with Crippen LogP contribution in [0.15, 0.2) is 0 Å². The standard InChI is InChI=1S/C10H12F4N2O/c11-7(12)10(13,14)8(17)16-9(6-15)4-2-1-3-5-9/h7H,1-5H2,(H,16,17). The van der Waals surface area contributed by atoms with Crippen LogP contribution in [0.2, 0.25) is 0 Å². The van der Waals surface area contributed by atoms with Gasteiger partial charge in [-0.1, -0.05) is 19.3 Å². The third kappa shape index (κ3) is 2.87. The molecule has 0 saturated heterocycles. The van der Waals surface area contributed by atoms with Crippen molar-refractivity contribution in [2.75, 3.05) is 0 Å². The number of carbonyl (C=O) groups excluding carboxylic acids is 1. The molecule has 1 amide bonds. The Balaban J connectivity index is 2.76. The number of hydrogen-bond acceptors (Lipinski definition) is 2. The van der Waals surface area contributed by atoms with E-state index >= 15 is 0 Å². The molecule has 3 nitrogen and oxygen atoms in total. The van der Waals surface area contributed by atoms with Crippen molar-refractivity contribution in [3.8, 4) is 6.07 Å². The van der Waals surface area contributed by atoms with Crippen molar-refractivity contribution in [2.45, 2.75) is 50.0 Å². The number of rotatable bonds is 3. The average Bonchev–Trinajstić information content (AvgIpc) is 2.30. The van der Waals surface area contributed by atoms with Crippen LogP contribution in [-0.2, 0) is 4.79 Å². The Morgan fingerprint density at radius 3 is 2.24 bits per heavy atom. The van der Waals surface area contributed by atoms with E-state index in [9.17, 15) is 22.4 Å². The Morgan fingerprint density at radius 1 is 1.29 bits per heavy atom. The Hall–Kier alpha value is -1.32. The van der Waals surface area contributed by atoms with E-state index in [0.29, 0.717) is 12.8 Å². The van der Waals surface area contributed by atoms with Crippen LogP contribution in [-0.4, -0.2) is 23.8 Å². The maximum absolute atomic E-state index is 12.7. The monoisotopic (exact) mass is 252 g/mol. The zero-order chi connectivity index (χ0) is 13.1. The van der Waals surface area contributed by atoms with Gasteiger partial charge in [-0.05, 0) is 12.8 Å². The Kier molecular flexibility index (Phi) is 3.96. The van der Waals surface area contributed by atoms with Crippen LogP contribution in [0.3, 0.4) is 0 Å². The van der Waals surface area contributed by atoms with Gasteiger partial charge in [-0.15, -0.1) is 0 Å². The predicted octanol–water partition coefficient (Wildman–Crippen LogP) is 2.23. The molecule has 17 heavy (non-hydrogen) atoms. The van der Waals surface area contributed by atoms with Crippen molar-refractivity contribution in [1.29, 1.82) is 5.26 Å². The number of carbonyl (C=O) groups is 1. The molecule has 0 radical (unpaired) electrons. The van der Waals surface area contributed by atoms with Gasteiger partial charge in [0.05, 0.1) is 6.07 Å². The summed E-state index contributed by atoms with van der Waals surface area (Å²) in [7, 11) is 0. The molecule has 1 aliphatic carbocycles. The predicted molar refractivity (Wildman–Crippen MR) is 50.5 cm³/mol. The van der Waals surface area contributed by atoms with Gasteiger partial charge in [0.1, 0.15) is 5.54 Å². The molecular formula is C10H12F4N2O. The molecule has 0 bridgehead atoms. The van der Waals surface area contributed by atoms with Gasteiger partial charge in [-0.2, -0.15) is 14.0 Å². The molecule has 96 valence electrons. The third-order valence-electron chi connectivity index (χ3n) is 2.85. The van der Waals surface area contributed by atoms with Crippen LogP contribution in [0.4, 0.5) is 17.6 Å². The highest BCUT2D eigenvalue weighted by molar-refractivity contribution is 5.84. The van der Waals surface area contributed by atoms with Gasteiger partial charge in [-0.25, -0.2) is 8.78 Å². The minimum Gasteiger partial charge on any atom is -0.332 e. The lowest BCUT2D eigenvalue weighted by molar-refractivity contribution is -0.171. The van der Waals surface area contributed by atoms with Gasteiger partial charge in [0.25, 0.3) is 5.91 Å². The summed E-state index contributed by atoms with van der Waals surface area (Å²) in [4.78, 5) is 11.0. The van der Waals surface area contributed by atoms with Crippen LogP contribution in [0.25, 0.3) is 0 Å². The molecule has 0 atom stereocenters. The fourth-order valence-electron chi connectivity index (χ4n) is 1.82. The van der Waals surface area contributed by atoms with E-state index in [0.717, 1.165) is 6.42 Å². The molecular weight excluding hydrogens is 240 g/mol. The van der Waals surface area contributed by atoms with Crippen molar-refractivity contribution >= 4 is 5.91 Å². The molecule has 1 N–H and O–H groups in total. The van der Waals surface area contributed by atoms with Gasteiger partial charge in [0, 0.05) is 0 Å². The smallest absolute Gasteiger partial charge is 0.332 e. The highest BCUT2D eigenvalue weighted by atomic mass is 19.3. The molecule has 0 spiro atoms. The van der Waals surface area contributed by atoms with Crippen molar-refractivity contribution in [3.63, 3.8) is 0 Å². The molecule has 1 aliphatic rings. The molecule has 0 heterocycles. The topological polar surface area (TPSA) is 52.9 Å². The second-order valence-electron chi connectivity index (χ2n) is 4.13. The van der Waals surface area contributed by atoms with Crippen molar-refractivity contribution in [3.05, 3.63) is 0 Å². The minimum atomic E-state index is -4.75. The van der Waals surface area contributed by atoms with Gasteiger partial charge < -0.3 is 5.32 Å². The van der Waals surface area contributed by atoms with E-state index in [1.165, 1.54) is 0 Å². The molecule has 0 aromatic carbocycles. The van der Waals surface area contributed by atoms with E-state index in [2.05, 4.69) is 0 Å². The number of halogens is 4. The summed E-state index contributed by atoms with van der Waals surface area (Å²) in [5, 5.41) is 10.7. The first-order chi connectivity index (χ1) is 7.84. The van der Waals surface area contributed by atoms with Gasteiger partial charge >= 0.3 is 12.3 Å². The largest absolute Gasteiger partial charge is 0.383 e. The Labute approximate surface area is 95.8 Å². The molecule has 0 aliphatic heterocycles. The lowest BCUT2D eigenvalue weighted by Gasteiger charge is -2.32. The van der Waals surface area contributed by atoms with E-state index in [4.69, 9.17) is 5.26 Å². The van der Waals surface area contributed by atoms with E-state index in [1.54, 1.807) is 11.4 Å². The number of nitriles is 1. The van der Waals surface area contributed by atoms with Crippen molar-refractivity contribution in [2.24, 2.45) is 0 Å². The quantitative estimate of drug-likeness (QED) is 0.783. The molecule has 0 unspecified atom stereocenters. The molecule has 1 rings (SSSR count). The Bertz CT molecular complexity index is 332. The summed E-state index contributed by atoms with van der Waals surface area (Å²) in [6, 6.07) is 1.75. The van der Waals surface area contributed by atoms with E-state index < -0.39 is 23.8 Å². The average molecular weight is 252 g/mol. The van der Waals surface area contributed by atoms with Crippen LogP contribution < -0.4 is 5.32 Å². The summed E-state index contributed by atoms with van der Waals surface area (Å²) in [5.74, 6) is -6.82. The fourth-order valence-corrected chi connectivity index (χ4v) is 1.82. The first-order valence-electron chi connectivity index (χ1n) is 5.24. The molecule has 0 aromatic heterocycles. The minimum absolute atomic E-state index is 0.217. The summed E-state index contributed by atoms with van der Waals surface area (Å²) in [5.41, 5.74) is -1.42. The summed E-state index contributed by atoms with van der Waals surface area (Å²) in [6.45, 7) is 0. The van der Waals surface area contributed by atoms with Crippen molar-refractivity contribution < 1.29 is 22.4 Å². The highest BCUT2D eigenvalue weighted by Crippen LogP contribution is 2.30. The van der Waals surface area contributed by atoms with Gasteiger partial charge in [0.2, 0.25) is 0 Å². The lowest BCUT2D eigenvalue weighted by atomic mass is 9.82. The Morgan fingerprint density at radius 2 is 1.82 bits per heavy atom. The van der Waals surface area contributed by atoms with Crippen molar-refractivity contribution in [1.82, 2.24) is 5.32 Å². The number of amides is 1. The fraction of sp³-hybridized carbons (Fsp3) is 0.800. The second-order valence-corrected chi connectivity index (χ2v) is 4.13. The van der Waals surface area contributed by atoms with Gasteiger partial charge in [-0.3, -0.25) is 4.79 Å². The molecule has 1 saturated carbocycles. The number of nitrogens with zero attached hydrogens (tertiary/aromatic N) is 1. The summed E-state index contributed by atoms with van der Waals surface area (Å²) in [6.07, 6.45) is -1.59. The lowest BCUT2D eigenvalue weighted by Crippen LogP contribution is -2.55. The van der Waals surface area contributed by atoms with Crippen LogP contribution in [0.1, 0.15) is 32.1 Å². The number of alkyl halides is 4. The molecule has 0 aromatic rings. The van der Waals surface area contributed by atoms with Gasteiger partial charge in [0.15, 0.2) is 0 Å². The van der Waals surface area contributed by atoms with Crippen LogP contribution in [0.5, 0.6) is 0 Å². The summed E-state index contributed by atoms with van der Waals surface area (Å²) < 4.78 is 49.4. The zero-order valence-corrected chi connectivity index (χ0v) is 8.98. The second kappa shape index (κ2) is 4.90. The first-order valence-corrected chi connectivity index (χ1v) is 5.24.